The van der Waals surface area contributed by atoms with E-state index >= 15 is 0 Å². The predicted octanol–water partition coefficient (Wildman–Crippen LogP) is 5.94. The molecule has 2 nitrogen and oxygen atoms in total. The first-order chi connectivity index (χ1) is 12.2. The van der Waals surface area contributed by atoms with E-state index in [0.29, 0.717) is 16.5 Å². The van der Waals surface area contributed by atoms with Crippen LogP contribution in [-0.2, 0) is 0 Å². The van der Waals surface area contributed by atoms with Gasteiger partial charge in [0.1, 0.15) is 5.52 Å². The second-order valence-electron chi connectivity index (χ2n) is 7.15. The predicted molar refractivity (Wildman–Crippen MR) is 102 cm³/mol. The molecule has 1 heterocycles. The van der Waals surface area contributed by atoms with Gasteiger partial charge in [-0.25, -0.2) is 8.78 Å². The number of ketones is 1. The van der Waals surface area contributed by atoms with Crippen LogP contribution in [0.25, 0.3) is 10.9 Å². The highest BCUT2D eigenvalue weighted by molar-refractivity contribution is 8.00. The molecule has 0 saturated heterocycles. The summed E-state index contributed by atoms with van der Waals surface area (Å²) in [6.07, 6.45) is 1.31. The third kappa shape index (κ3) is 3.63. The molecule has 0 radical (unpaired) electrons. The normalized spacial score (nSPS) is 11.8. The summed E-state index contributed by atoms with van der Waals surface area (Å²) in [4.78, 5) is 18.0. The van der Waals surface area contributed by atoms with Crippen LogP contribution in [0.15, 0.2) is 47.5 Å². The van der Waals surface area contributed by atoms with Gasteiger partial charge in [-0.15, -0.1) is 11.8 Å². The SMILES string of the molecule is Cc1cccc(C(=O)c2cnc3c(F)c(F)ccc3c2)c1SC(C)(C)C. The van der Waals surface area contributed by atoms with Crippen molar-refractivity contribution < 1.29 is 13.6 Å². The van der Waals surface area contributed by atoms with E-state index in [4.69, 9.17) is 0 Å². The second-order valence-corrected chi connectivity index (χ2v) is 8.99. The molecular weight excluding hydrogens is 352 g/mol. The Morgan fingerprint density at radius 2 is 1.85 bits per heavy atom. The Kier molecular flexibility index (Phi) is 4.84. The zero-order valence-electron chi connectivity index (χ0n) is 15.1. The largest absolute Gasteiger partial charge is 0.289 e. The first-order valence-electron chi connectivity index (χ1n) is 8.24. The molecule has 0 bridgehead atoms. The maximum Gasteiger partial charge on any atom is 0.195 e. The minimum atomic E-state index is -0.999. The van der Waals surface area contributed by atoms with Crippen molar-refractivity contribution in [2.24, 2.45) is 0 Å². The van der Waals surface area contributed by atoms with Crippen LogP contribution >= 0.6 is 11.8 Å². The van der Waals surface area contributed by atoms with E-state index in [1.165, 1.54) is 12.3 Å². The summed E-state index contributed by atoms with van der Waals surface area (Å²) in [5.41, 5.74) is 1.89. The van der Waals surface area contributed by atoms with Crippen molar-refractivity contribution in [1.29, 1.82) is 0 Å². The highest BCUT2D eigenvalue weighted by Crippen LogP contribution is 2.37. The number of aromatic nitrogens is 1. The first-order valence-corrected chi connectivity index (χ1v) is 9.06. The van der Waals surface area contributed by atoms with Gasteiger partial charge in [-0.2, -0.15) is 0 Å². The van der Waals surface area contributed by atoms with Gasteiger partial charge in [0.15, 0.2) is 17.4 Å². The molecule has 0 saturated carbocycles. The van der Waals surface area contributed by atoms with Gasteiger partial charge in [0.05, 0.1) is 0 Å². The first kappa shape index (κ1) is 18.5. The molecule has 0 unspecified atom stereocenters. The minimum absolute atomic E-state index is 0.0521. The van der Waals surface area contributed by atoms with Crippen LogP contribution in [-0.4, -0.2) is 15.5 Å². The topological polar surface area (TPSA) is 30.0 Å². The quantitative estimate of drug-likeness (QED) is 0.421. The van der Waals surface area contributed by atoms with E-state index in [2.05, 4.69) is 25.8 Å². The van der Waals surface area contributed by atoms with Gasteiger partial charge >= 0.3 is 0 Å². The number of carbonyl (C=O) groups excluding carboxylic acids is 1. The lowest BCUT2D eigenvalue weighted by Crippen LogP contribution is -2.11. The summed E-state index contributed by atoms with van der Waals surface area (Å²) in [6, 6.07) is 9.64. The van der Waals surface area contributed by atoms with Crippen molar-refractivity contribution in [2.75, 3.05) is 0 Å². The van der Waals surface area contributed by atoms with Crippen LogP contribution in [0, 0.1) is 18.6 Å². The molecule has 0 aliphatic heterocycles. The summed E-state index contributed by atoms with van der Waals surface area (Å²) in [7, 11) is 0. The van der Waals surface area contributed by atoms with Gasteiger partial charge in [-0.1, -0.05) is 32.9 Å². The summed E-state index contributed by atoms with van der Waals surface area (Å²) in [5, 5.41) is 0.396. The van der Waals surface area contributed by atoms with E-state index in [1.54, 1.807) is 23.9 Å². The second kappa shape index (κ2) is 6.80. The van der Waals surface area contributed by atoms with Crippen LogP contribution in [0.1, 0.15) is 42.3 Å². The molecule has 1 aromatic heterocycles. The molecular formula is C21H19F2NOS. The fourth-order valence-corrected chi connectivity index (χ4v) is 3.81. The number of fused-ring (bicyclic) bond motifs is 1. The fourth-order valence-electron chi connectivity index (χ4n) is 2.69. The summed E-state index contributed by atoms with van der Waals surface area (Å²) < 4.78 is 27.1. The zero-order chi connectivity index (χ0) is 19.1. The molecule has 26 heavy (non-hydrogen) atoms. The Morgan fingerprint density at radius 3 is 2.54 bits per heavy atom. The van der Waals surface area contributed by atoms with E-state index in [0.717, 1.165) is 16.5 Å². The van der Waals surface area contributed by atoms with Gasteiger partial charge in [0.25, 0.3) is 0 Å². The molecule has 5 heteroatoms. The van der Waals surface area contributed by atoms with Crippen molar-refractivity contribution in [3.05, 3.63) is 70.9 Å². The average Bonchev–Trinajstić information content (AvgIpc) is 2.58. The number of hydrogen-bond acceptors (Lipinski definition) is 3. The summed E-state index contributed by atoms with van der Waals surface area (Å²) in [5.74, 6) is -2.13. The average molecular weight is 371 g/mol. The van der Waals surface area contributed by atoms with Gasteiger partial charge in [-0.05, 0) is 36.8 Å². The number of pyridine rings is 1. The van der Waals surface area contributed by atoms with Crippen molar-refractivity contribution in [3.63, 3.8) is 0 Å². The number of carbonyl (C=O) groups is 1. The number of benzene rings is 2. The molecule has 0 aliphatic carbocycles. The smallest absolute Gasteiger partial charge is 0.195 e. The van der Waals surface area contributed by atoms with Crippen LogP contribution in [0.5, 0.6) is 0 Å². The number of aryl methyl sites for hydroxylation is 1. The highest BCUT2D eigenvalue weighted by Gasteiger charge is 2.21. The van der Waals surface area contributed by atoms with Crippen LogP contribution in [0.3, 0.4) is 0 Å². The van der Waals surface area contributed by atoms with Gasteiger partial charge < -0.3 is 0 Å². The molecule has 0 atom stereocenters. The Bertz CT molecular complexity index is 1010. The third-order valence-electron chi connectivity index (χ3n) is 3.87. The van der Waals surface area contributed by atoms with Gasteiger partial charge in [0, 0.05) is 32.4 Å². The molecule has 134 valence electrons. The number of thioether (sulfide) groups is 1. The monoisotopic (exact) mass is 371 g/mol. The standard InChI is InChI=1S/C21H19F2NOS/c1-12-6-5-7-15(20(12)26-21(2,3)4)19(25)14-10-13-8-9-16(22)17(23)18(13)24-11-14/h5-11H,1-4H3. The Morgan fingerprint density at radius 1 is 1.12 bits per heavy atom. The van der Waals surface area contributed by atoms with Crippen LogP contribution in [0.4, 0.5) is 8.78 Å². The Labute approximate surface area is 155 Å². The maximum absolute atomic E-state index is 13.8. The summed E-state index contributed by atoms with van der Waals surface area (Å²) >= 11 is 1.63. The molecule has 2 aromatic carbocycles. The highest BCUT2D eigenvalue weighted by atomic mass is 32.2. The molecule has 3 aromatic rings. The molecule has 0 N–H and O–H groups in total. The molecule has 0 aliphatic rings. The van der Waals surface area contributed by atoms with Crippen LogP contribution in [0.2, 0.25) is 0 Å². The van der Waals surface area contributed by atoms with Crippen molar-refractivity contribution in [3.8, 4) is 0 Å². The number of halogens is 2. The van der Waals surface area contributed by atoms with Crippen molar-refractivity contribution >= 4 is 28.4 Å². The van der Waals surface area contributed by atoms with Crippen LogP contribution < -0.4 is 0 Å². The minimum Gasteiger partial charge on any atom is -0.289 e. The van der Waals surface area contributed by atoms with Crippen molar-refractivity contribution in [2.45, 2.75) is 37.3 Å². The van der Waals surface area contributed by atoms with Gasteiger partial charge in [0.2, 0.25) is 0 Å². The zero-order valence-corrected chi connectivity index (χ0v) is 15.9. The molecule has 3 rings (SSSR count). The number of hydrogen-bond donors (Lipinski definition) is 0. The lowest BCUT2D eigenvalue weighted by molar-refractivity contribution is 0.103. The molecule has 0 fully saturated rings. The lowest BCUT2D eigenvalue weighted by Gasteiger charge is -2.21. The Hall–Kier alpha value is -2.27. The van der Waals surface area contributed by atoms with Crippen molar-refractivity contribution in [1.82, 2.24) is 4.98 Å². The van der Waals surface area contributed by atoms with E-state index in [9.17, 15) is 13.6 Å². The molecule has 0 spiro atoms. The third-order valence-corrected chi connectivity index (χ3v) is 5.23. The number of rotatable bonds is 3. The van der Waals surface area contributed by atoms with E-state index < -0.39 is 11.6 Å². The summed E-state index contributed by atoms with van der Waals surface area (Å²) in [6.45, 7) is 8.25. The van der Waals surface area contributed by atoms with E-state index in [1.807, 2.05) is 19.1 Å². The lowest BCUT2D eigenvalue weighted by atomic mass is 10.0. The maximum atomic E-state index is 13.8. The van der Waals surface area contributed by atoms with E-state index in [-0.39, 0.29) is 16.0 Å². The van der Waals surface area contributed by atoms with Gasteiger partial charge in [-0.3, -0.25) is 9.78 Å². The Balaban J connectivity index is 2.09. The molecule has 0 amide bonds. The fraction of sp³-hybridized carbons (Fsp3) is 0.238. The number of nitrogens with zero attached hydrogens (tertiary/aromatic N) is 1.